The summed E-state index contributed by atoms with van der Waals surface area (Å²) < 4.78 is 24.0. The van der Waals surface area contributed by atoms with Crippen molar-refractivity contribution in [3.63, 3.8) is 0 Å². The third-order valence-electron chi connectivity index (χ3n) is 2.70. The van der Waals surface area contributed by atoms with Crippen LogP contribution in [0.1, 0.15) is 28.9 Å². The van der Waals surface area contributed by atoms with Crippen LogP contribution in [0, 0.1) is 0 Å². The van der Waals surface area contributed by atoms with Crippen molar-refractivity contribution in [2.24, 2.45) is 0 Å². The molecule has 100 valence electrons. The lowest BCUT2D eigenvalue weighted by Crippen LogP contribution is -2.44. The number of hydrogen-bond donors (Lipinski definition) is 2. The quantitative estimate of drug-likeness (QED) is 0.868. The maximum atomic E-state index is 12.0. The molecule has 1 aromatic heterocycles. The Hall–Kier alpha value is -0.960. The van der Waals surface area contributed by atoms with E-state index in [9.17, 15) is 13.2 Å². The van der Waals surface area contributed by atoms with Gasteiger partial charge in [0.25, 0.3) is 10.0 Å². The Morgan fingerprint density at radius 3 is 2.56 bits per heavy atom. The minimum atomic E-state index is -3.65. The Labute approximate surface area is 109 Å². The van der Waals surface area contributed by atoms with Gasteiger partial charge in [0, 0.05) is 18.5 Å². The summed E-state index contributed by atoms with van der Waals surface area (Å²) in [5.41, 5.74) is 0. The predicted molar refractivity (Wildman–Crippen MR) is 67.0 cm³/mol. The summed E-state index contributed by atoms with van der Waals surface area (Å²) in [5, 5.41) is 11.8. The predicted octanol–water partition coefficient (Wildman–Crippen LogP) is 1.13. The molecule has 0 radical (unpaired) electrons. The fourth-order valence-corrected chi connectivity index (χ4v) is 4.01. The van der Waals surface area contributed by atoms with Crippen LogP contribution in [0.3, 0.4) is 0 Å². The molecular weight excluding hydrogens is 276 g/mol. The Bertz CT molecular complexity index is 532. The molecule has 1 aliphatic rings. The van der Waals surface area contributed by atoms with Crippen molar-refractivity contribution < 1.29 is 18.3 Å². The second-order valence-electron chi connectivity index (χ2n) is 4.09. The van der Waals surface area contributed by atoms with E-state index in [-0.39, 0.29) is 9.77 Å². The molecule has 6 nitrogen and oxygen atoms in total. The highest BCUT2D eigenvalue weighted by molar-refractivity contribution is 7.89. The van der Waals surface area contributed by atoms with Crippen LogP contribution in [0.4, 0.5) is 0 Å². The van der Waals surface area contributed by atoms with E-state index in [1.54, 1.807) is 5.01 Å². The minimum absolute atomic E-state index is 0.00970. The molecule has 1 saturated heterocycles. The van der Waals surface area contributed by atoms with Gasteiger partial charge in [-0.2, -0.15) is 0 Å². The first-order valence-corrected chi connectivity index (χ1v) is 7.94. The first-order valence-electron chi connectivity index (χ1n) is 5.58. The van der Waals surface area contributed by atoms with Gasteiger partial charge in [0.15, 0.2) is 0 Å². The number of rotatable bonds is 4. The number of carboxylic acid groups (broad SMARTS) is 1. The van der Waals surface area contributed by atoms with Crippen LogP contribution in [0.25, 0.3) is 0 Å². The Kier molecular flexibility index (Phi) is 4.00. The zero-order chi connectivity index (χ0) is 13.2. The van der Waals surface area contributed by atoms with Gasteiger partial charge in [-0.3, -0.25) is 0 Å². The Balaban J connectivity index is 2.11. The van der Waals surface area contributed by atoms with E-state index in [4.69, 9.17) is 5.11 Å². The Morgan fingerprint density at radius 2 is 2.00 bits per heavy atom. The number of carbonyl (C=O) groups is 1. The third kappa shape index (κ3) is 3.08. The Morgan fingerprint density at radius 1 is 1.33 bits per heavy atom. The van der Waals surface area contributed by atoms with Crippen LogP contribution in [-0.4, -0.2) is 37.6 Å². The first-order chi connectivity index (χ1) is 8.49. The van der Waals surface area contributed by atoms with Crippen LogP contribution >= 0.6 is 11.3 Å². The lowest BCUT2D eigenvalue weighted by atomic mass is 10.2. The van der Waals surface area contributed by atoms with Gasteiger partial charge < -0.3 is 5.11 Å². The van der Waals surface area contributed by atoms with E-state index in [0.29, 0.717) is 13.1 Å². The van der Waals surface area contributed by atoms with Gasteiger partial charge in [-0.05, 0) is 18.9 Å². The van der Waals surface area contributed by atoms with Gasteiger partial charge in [0.1, 0.15) is 4.88 Å². The molecule has 0 atom stereocenters. The molecule has 0 amide bonds. The lowest BCUT2D eigenvalue weighted by molar-refractivity contribution is 0.0702. The molecule has 2 heterocycles. The van der Waals surface area contributed by atoms with Crippen molar-refractivity contribution in [2.45, 2.75) is 24.2 Å². The topological polar surface area (TPSA) is 86.7 Å². The fourth-order valence-electron chi connectivity index (χ4n) is 1.78. The highest BCUT2D eigenvalue weighted by atomic mass is 32.2. The summed E-state index contributed by atoms with van der Waals surface area (Å²) in [6.07, 6.45) is 3.04. The van der Waals surface area contributed by atoms with Gasteiger partial charge in [0.05, 0.1) is 4.90 Å². The SMILES string of the molecule is O=C(O)c1cc(S(=O)(=O)NN2CCCCC2)cs1. The maximum Gasteiger partial charge on any atom is 0.345 e. The molecular formula is C10H14N2O4S2. The molecule has 18 heavy (non-hydrogen) atoms. The fraction of sp³-hybridized carbons (Fsp3) is 0.500. The van der Waals surface area contributed by atoms with Gasteiger partial charge >= 0.3 is 5.97 Å². The molecule has 0 aliphatic carbocycles. The van der Waals surface area contributed by atoms with Crippen molar-refractivity contribution in [3.8, 4) is 0 Å². The standard InChI is InChI=1S/C10H14N2O4S2/c13-10(14)9-6-8(7-17-9)18(15,16)11-12-4-2-1-3-5-12/h6-7,11H,1-5H2,(H,13,14). The number of nitrogens with zero attached hydrogens (tertiary/aromatic N) is 1. The van der Waals surface area contributed by atoms with Crippen LogP contribution in [0.2, 0.25) is 0 Å². The minimum Gasteiger partial charge on any atom is -0.477 e. The normalized spacial score (nSPS) is 17.8. The molecule has 1 fully saturated rings. The highest BCUT2D eigenvalue weighted by Crippen LogP contribution is 2.19. The molecule has 0 unspecified atom stereocenters. The number of piperidine rings is 1. The van der Waals surface area contributed by atoms with Gasteiger partial charge in [-0.15, -0.1) is 16.2 Å². The smallest absolute Gasteiger partial charge is 0.345 e. The number of nitrogens with one attached hydrogen (secondary N) is 1. The number of aromatic carboxylic acids is 1. The number of sulfonamides is 1. The molecule has 0 aromatic carbocycles. The third-order valence-corrected chi connectivity index (χ3v) is 5.12. The summed E-state index contributed by atoms with van der Waals surface area (Å²) in [5.74, 6) is -1.11. The van der Waals surface area contributed by atoms with Crippen molar-refractivity contribution in [1.82, 2.24) is 9.84 Å². The summed E-state index contributed by atoms with van der Waals surface area (Å²) >= 11 is 0.909. The van der Waals surface area contributed by atoms with E-state index < -0.39 is 16.0 Å². The number of thiophene rings is 1. The van der Waals surface area contributed by atoms with Crippen LogP contribution in [-0.2, 0) is 10.0 Å². The lowest BCUT2D eigenvalue weighted by Gasteiger charge is -2.26. The largest absolute Gasteiger partial charge is 0.477 e. The molecule has 0 saturated carbocycles. The van der Waals surface area contributed by atoms with E-state index in [0.717, 1.165) is 30.6 Å². The van der Waals surface area contributed by atoms with E-state index in [1.165, 1.54) is 11.4 Å². The number of hydrogen-bond acceptors (Lipinski definition) is 5. The summed E-state index contributed by atoms with van der Waals surface area (Å²) in [4.78, 5) is 13.2. The zero-order valence-electron chi connectivity index (χ0n) is 9.63. The van der Waals surface area contributed by atoms with E-state index in [2.05, 4.69) is 4.83 Å². The van der Waals surface area contributed by atoms with Crippen LogP contribution in [0.5, 0.6) is 0 Å². The monoisotopic (exact) mass is 290 g/mol. The second kappa shape index (κ2) is 5.35. The van der Waals surface area contributed by atoms with Gasteiger partial charge in [-0.1, -0.05) is 6.42 Å². The molecule has 1 aromatic rings. The van der Waals surface area contributed by atoms with Crippen molar-refractivity contribution in [1.29, 1.82) is 0 Å². The molecule has 0 spiro atoms. The number of hydrazine groups is 1. The van der Waals surface area contributed by atoms with Crippen molar-refractivity contribution >= 4 is 27.3 Å². The first kappa shape index (κ1) is 13.5. The van der Waals surface area contributed by atoms with Crippen molar-refractivity contribution in [3.05, 3.63) is 16.3 Å². The summed E-state index contributed by atoms with van der Waals surface area (Å²) in [7, 11) is -3.65. The average molecular weight is 290 g/mol. The summed E-state index contributed by atoms with van der Waals surface area (Å²) in [6, 6.07) is 1.18. The van der Waals surface area contributed by atoms with Crippen LogP contribution in [0.15, 0.2) is 16.3 Å². The van der Waals surface area contributed by atoms with E-state index in [1.807, 2.05) is 0 Å². The molecule has 1 aliphatic heterocycles. The van der Waals surface area contributed by atoms with Gasteiger partial charge in [0.2, 0.25) is 0 Å². The number of carboxylic acids is 1. The molecule has 8 heteroatoms. The van der Waals surface area contributed by atoms with E-state index >= 15 is 0 Å². The van der Waals surface area contributed by atoms with Crippen LogP contribution < -0.4 is 4.83 Å². The average Bonchev–Trinajstić information content (AvgIpc) is 2.79. The highest BCUT2D eigenvalue weighted by Gasteiger charge is 2.22. The zero-order valence-corrected chi connectivity index (χ0v) is 11.3. The summed E-state index contributed by atoms with van der Waals surface area (Å²) in [6.45, 7) is 1.38. The van der Waals surface area contributed by atoms with Gasteiger partial charge in [-0.25, -0.2) is 18.2 Å². The van der Waals surface area contributed by atoms with Crippen molar-refractivity contribution in [2.75, 3.05) is 13.1 Å². The molecule has 2 N–H and O–H groups in total. The maximum absolute atomic E-state index is 12.0. The second-order valence-corrected chi connectivity index (χ2v) is 6.67. The molecule has 0 bridgehead atoms. The molecule has 2 rings (SSSR count).